The maximum atomic E-state index is 10.3. The Morgan fingerprint density at radius 1 is 0.608 bits per heavy atom. The number of nitriles is 3. The molecule has 0 saturated heterocycles. The maximum absolute atomic E-state index is 10.3. The minimum absolute atomic E-state index is 0.114. The average Bonchev–Trinajstić information content (AvgIpc) is 3.66. The fourth-order valence-corrected chi connectivity index (χ4v) is 8.18. The molecule has 5 heteroatoms. The van der Waals surface area contributed by atoms with Crippen LogP contribution in [0.5, 0.6) is 0 Å². The SMILES string of the molecule is CC12C=CC=CC1N(c1ccc(-c3ccccc3-c3ccc(C#N)cc3-n3c4ccc(C#N)cc4c4cccc(C#N)c43)cc1)c1ccccc12. The van der Waals surface area contributed by atoms with Crippen molar-refractivity contribution in [1.29, 1.82) is 15.8 Å². The molecule has 0 bridgehead atoms. The molecule has 2 unspecified atom stereocenters. The van der Waals surface area contributed by atoms with Crippen molar-refractivity contribution in [1.82, 2.24) is 4.57 Å². The molecule has 1 aliphatic heterocycles. The highest BCUT2D eigenvalue weighted by molar-refractivity contribution is 6.12. The number of allylic oxidation sites excluding steroid dienone is 2. The van der Waals surface area contributed by atoms with Crippen LogP contribution in [0.2, 0.25) is 0 Å². The summed E-state index contributed by atoms with van der Waals surface area (Å²) in [6, 6.07) is 50.0. The summed E-state index contributed by atoms with van der Waals surface area (Å²) in [5.41, 5.74) is 11.6. The molecule has 2 heterocycles. The van der Waals surface area contributed by atoms with Crippen LogP contribution in [0, 0.1) is 34.0 Å². The lowest BCUT2D eigenvalue weighted by molar-refractivity contribution is 0.551. The van der Waals surface area contributed by atoms with Crippen molar-refractivity contribution in [3.8, 4) is 46.1 Å². The molecule has 0 N–H and O–H groups in total. The Bertz CT molecular complexity index is 2760. The van der Waals surface area contributed by atoms with Gasteiger partial charge in [0, 0.05) is 33.1 Å². The molecule has 0 spiro atoms. The molecule has 0 fully saturated rings. The van der Waals surface area contributed by atoms with Gasteiger partial charge in [0.15, 0.2) is 0 Å². The number of aromatic nitrogens is 1. The second-order valence-corrected chi connectivity index (χ2v) is 13.3. The molecule has 6 aromatic carbocycles. The van der Waals surface area contributed by atoms with Gasteiger partial charge in [-0.2, -0.15) is 15.8 Å². The molecule has 0 amide bonds. The zero-order valence-corrected chi connectivity index (χ0v) is 27.7. The number of benzene rings is 6. The summed E-state index contributed by atoms with van der Waals surface area (Å²) in [5, 5.41) is 31.8. The summed E-state index contributed by atoms with van der Waals surface area (Å²) in [6.45, 7) is 2.31. The number of anilines is 2. The predicted octanol–water partition coefficient (Wildman–Crippen LogP) is 10.6. The Balaban J connectivity index is 1.22. The van der Waals surface area contributed by atoms with Crippen LogP contribution in [0.3, 0.4) is 0 Å². The minimum Gasteiger partial charge on any atom is -0.333 e. The normalized spacial score (nSPS) is 17.1. The van der Waals surface area contributed by atoms with Gasteiger partial charge < -0.3 is 9.47 Å². The van der Waals surface area contributed by atoms with Gasteiger partial charge in [-0.15, -0.1) is 0 Å². The first kappa shape index (κ1) is 30.0. The number of hydrogen-bond acceptors (Lipinski definition) is 4. The Labute approximate surface area is 296 Å². The molecule has 5 nitrogen and oxygen atoms in total. The van der Waals surface area contributed by atoms with Gasteiger partial charge in [-0.05, 0) is 83.8 Å². The first-order chi connectivity index (χ1) is 25.0. The van der Waals surface area contributed by atoms with Crippen LogP contribution in [-0.2, 0) is 5.41 Å². The highest BCUT2D eigenvalue weighted by Gasteiger charge is 2.46. The van der Waals surface area contributed by atoms with E-state index in [4.69, 9.17) is 0 Å². The third kappa shape index (κ3) is 4.45. The molecule has 9 rings (SSSR count). The molecular weight excluding hydrogens is 623 g/mol. The smallest absolute Gasteiger partial charge is 0.101 e. The second-order valence-electron chi connectivity index (χ2n) is 13.3. The van der Waals surface area contributed by atoms with E-state index >= 15 is 0 Å². The number of rotatable bonds is 4. The van der Waals surface area contributed by atoms with Crippen LogP contribution in [-0.4, -0.2) is 10.6 Å². The van der Waals surface area contributed by atoms with Crippen LogP contribution < -0.4 is 4.90 Å². The average molecular weight is 652 g/mol. The molecule has 7 aromatic rings. The minimum atomic E-state index is -0.114. The summed E-state index contributed by atoms with van der Waals surface area (Å²) in [6.07, 6.45) is 8.90. The predicted molar refractivity (Wildman–Crippen MR) is 204 cm³/mol. The topological polar surface area (TPSA) is 79.5 Å². The van der Waals surface area contributed by atoms with Gasteiger partial charge in [-0.3, -0.25) is 0 Å². The number of para-hydroxylation sites is 2. The largest absolute Gasteiger partial charge is 0.333 e. The van der Waals surface area contributed by atoms with Crippen LogP contribution in [0.25, 0.3) is 49.7 Å². The monoisotopic (exact) mass is 651 g/mol. The van der Waals surface area contributed by atoms with E-state index in [-0.39, 0.29) is 11.5 Å². The lowest BCUT2D eigenvalue weighted by Crippen LogP contribution is -2.39. The summed E-state index contributed by atoms with van der Waals surface area (Å²) in [5.74, 6) is 0. The zero-order chi connectivity index (χ0) is 34.7. The summed E-state index contributed by atoms with van der Waals surface area (Å²) >= 11 is 0. The van der Waals surface area contributed by atoms with Crippen molar-refractivity contribution in [3.63, 3.8) is 0 Å². The van der Waals surface area contributed by atoms with Crippen molar-refractivity contribution in [2.24, 2.45) is 0 Å². The van der Waals surface area contributed by atoms with Crippen LogP contribution >= 0.6 is 0 Å². The number of hydrogen-bond donors (Lipinski definition) is 0. The Hall–Kier alpha value is -7.13. The van der Waals surface area contributed by atoms with E-state index in [1.165, 1.54) is 11.3 Å². The quantitative estimate of drug-likeness (QED) is 0.190. The molecular formula is C46H29N5. The van der Waals surface area contributed by atoms with Crippen LogP contribution in [0.4, 0.5) is 11.4 Å². The van der Waals surface area contributed by atoms with Gasteiger partial charge in [-0.1, -0.05) is 97.1 Å². The molecule has 2 aliphatic rings. The molecule has 1 aromatic heterocycles. The molecule has 238 valence electrons. The van der Waals surface area contributed by atoms with Crippen LogP contribution in [0.15, 0.2) is 152 Å². The van der Waals surface area contributed by atoms with Crippen molar-refractivity contribution in [3.05, 3.63) is 174 Å². The van der Waals surface area contributed by atoms with Gasteiger partial charge in [-0.25, -0.2) is 0 Å². The molecule has 51 heavy (non-hydrogen) atoms. The molecule has 0 radical (unpaired) electrons. The summed E-state index contributed by atoms with van der Waals surface area (Å²) in [7, 11) is 0. The van der Waals surface area contributed by atoms with Crippen molar-refractivity contribution in [2.75, 3.05) is 4.90 Å². The first-order valence-corrected chi connectivity index (χ1v) is 16.9. The fourth-order valence-electron chi connectivity index (χ4n) is 8.18. The summed E-state index contributed by atoms with van der Waals surface area (Å²) in [4.78, 5) is 2.44. The van der Waals surface area contributed by atoms with Gasteiger partial charge >= 0.3 is 0 Å². The van der Waals surface area contributed by atoms with Gasteiger partial charge in [0.25, 0.3) is 0 Å². The highest BCUT2D eigenvalue weighted by Crippen LogP contribution is 2.51. The number of nitrogens with zero attached hydrogens (tertiary/aromatic N) is 5. The van der Waals surface area contributed by atoms with Gasteiger partial charge in [0.2, 0.25) is 0 Å². The van der Waals surface area contributed by atoms with Gasteiger partial charge in [0.1, 0.15) is 6.07 Å². The molecule has 0 saturated carbocycles. The standard InChI is InChI=1S/C46H29N5/c1-46-24-7-6-15-44(46)50(42-14-5-4-13-40(42)46)34-20-18-32(19-21-34)35-10-2-3-11-36(35)37-22-16-31(28-48)26-43(37)51-41-23-17-30(27-47)25-39(41)38-12-8-9-33(29-49)45(38)51/h2-26,44H,1H3. The lowest BCUT2D eigenvalue weighted by atomic mass is 9.76. The van der Waals surface area contributed by atoms with E-state index < -0.39 is 0 Å². The van der Waals surface area contributed by atoms with Gasteiger partial charge in [0.05, 0.1) is 51.6 Å². The number of fused-ring (bicyclic) bond motifs is 6. The zero-order valence-electron chi connectivity index (χ0n) is 27.7. The Morgan fingerprint density at radius 2 is 1.35 bits per heavy atom. The summed E-state index contributed by atoms with van der Waals surface area (Å²) < 4.78 is 2.08. The Kier molecular flexibility index (Phi) is 6.75. The lowest BCUT2D eigenvalue weighted by Gasteiger charge is -2.34. The van der Waals surface area contributed by atoms with Crippen molar-refractivity contribution < 1.29 is 0 Å². The third-order valence-electron chi connectivity index (χ3n) is 10.6. The molecule has 1 aliphatic carbocycles. The third-order valence-corrected chi connectivity index (χ3v) is 10.6. The van der Waals surface area contributed by atoms with E-state index in [0.29, 0.717) is 16.7 Å². The van der Waals surface area contributed by atoms with E-state index in [2.05, 4.69) is 126 Å². The Morgan fingerprint density at radius 3 is 2.16 bits per heavy atom. The molecule has 2 atom stereocenters. The van der Waals surface area contributed by atoms with E-state index in [1.807, 2.05) is 54.6 Å². The van der Waals surface area contributed by atoms with Crippen molar-refractivity contribution in [2.45, 2.75) is 18.4 Å². The van der Waals surface area contributed by atoms with E-state index in [1.54, 1.807) is 6.07 Å². The maximum Gasteiger partial charge on any atom is 0.101 e. The van der Waals surface area contributed by atoms with E-state index in [0.717, 1.165) is 55.4 Å². The van der Waals surface area contributed by atoms with Crippen LogP contribution in [0.1, 0.15) is 29.2 Å². The van der Waals surface area contributed by atoms with Crippen molar-refractivity contribution >= 4 is 33.2 Å². The van der Waals surface area contributed by atoms with E-state index in [9.17, 15) is 15.8 Å². The second kappa shape index (κ2) is 11.5. The highest BCUT2D eigenvalue weighted by atomic mass is 15.2. The fraction of sp³-hybridized carbons (Fsp3) is 0.0652. The first-order valence-electron chi connectivity index (χ1n) is 16.9.